The molecule has 1 heterocycles. The van der Waals surface area contributed by atoms with Crippen LogP contribution >= 0.6 is 0 Å². The molecule has 2 aromatic rings. The van der Waals surface area contributed by atoms with E-state index in [9.17, 15) is 13.2 Å². The van der Waals surface area contributed by atoms with Crippen molar-refractivity contribution in [3.05, 3.63) is 41.3 Å². The third-order valence-electron chi connectivity index (χ3n) is 2.89. The summed E-state index contributed by atoms with van der Waals surface area (Å²) in [7, 11) is -2.45. The molecular formula is C13H15N3O5S. The Morgan fingerprint density at radius 2 is 1.86 bits per heavy atom. The molecule has 1 amide bonds. The lowest BCUT2D eigenvalue weighted by atomic mass is 10.2. The van der Waals surface area contributed by atoms with Crippen LogP contribution in [0.3, 0.4) is 0 Å². The number of aryl methyl sites for hydroxylation is 2. The van der Waals surface area contributed by atoms with Crippen molar-refractivity contribution < 1.29 is 22.5 Å². The number of methoxy groups -OCH3 is 1. The van der Waals surface area contributed by atoms with Crippen molar-refractivity contribution in [1.82, 2.24) is 15.4 Å². The maximum absolute atomic E-state index is 12.1. The molecule has 0 radical (unpaired) electrons. The summed E-state index contributed by atoms with van der Waals surface area (Å²) in [6.45, 7) is 2.97. The van der Waals surface area contributed by atoms with Crippen molar-refractivity contribution in [2.24, 2.45) is 0 Å². The molecule has 22 heavy (non-hydrogen) atoms. The number of carbonyl (C=O) groups is 1. The molecule has 0 aliphatic rings. The van der Waals surface area contributed by atoms with Gasteiger partial charge in [-0.1, -0.05) is 5.16 Å². The number of rotatable bonds is 5. The second kappa shape index (κ2) is 6.16. The molecule has 0 bridgehead atoms. The Morgan fingerprint density at radius 3 is 2.36 bits per heavy atom. The van der Waals surface area contributed by atoms with Gasteiger partial charge in [0.15, 0.2) is 5.76 Å². The van der Waals surface area contributed by atoms with Gasteiger partial charge in [-0.15, -0.1) is 4.83 Å². The smallest absolute Gasteiger partial charge is 0.266 e. The van der Waals surface area contributed by atoms with Crippen LogP contribution in [0, 0.1) is 13.8 Å². The van der Waals surface area contributed by atoms with Gasteiger partial charge in [-0.25, -0.2) is 8.42 Å². The molecule has 0 aliphatic heterocycles. The normalized spacial score (nSPS) is 11.2. The molecule has 1 aromatic carbocycles. The molecular weight excluding hydrogens is 310 g/mol. The van der Waals surface area contributed by atoms with Gasteiger partial charge in [-0.05, 0) is 38.1 Å². The van der Waals surface area contributed by atoms with Crippen molar-refractivity contribution in [3.63, 3.8) is 0 Å². The van der Waals surface area contributed by atoms with Crippen LogP contribution in [0.15, 0.2) is 33.7 Å². The average Bonchev–Trinajstić information content (AvgIpc) is 2.84. The number of aromatic nitrogens is 1. The van der Waals surface area contributed by atoms with Gasteiger partial charge in [0, 0.05) is 5.56 Å². The topological polar surface area (TPSA) is 111 Å². The maximum Gasteiger partial charge on any atom is 0.266 e. The number of amides is 1. The quantitative estimate of drug-likeness (QED) is 0.791. The molecule has 0 atom stereocenters. The first-order chi connectivity index (χ1) is 10.3. The number of hydrogen-bond donors (Lipinski definition) is 2. The van der Waals surface area contributed by atoms with E-state index in [1.165, 1.54) is 33.1 Å². The predicted molar refractivity (Wildman–Crippen MR) is 76.8 cm³/mol. The minimum absolute atomic E-state index is 0.0949. The molecule has 0 saturated carbocycles. The number of sulfonamides is 1. The lowest BCUT2D eigenvalue weighted by molar-refractivity contribution is 0.0945. The van der Waals surface area contributed by atoms with Gasteiger partial charge in [0.05, 0.1) is 7.11 Å². The minimum atomic E-state index is -3.96. The highest BCUT2D eigenvalue weighted by molar-refractivity contribution is 7.89. The van der Waals surface area contributed by atoms with Gasteiger partial charge >= 0.3 is 0 Å². The summed E-state index contributed by atoms with van der Waals surface area (Å²) in [6, 6.07) is 6.21. The van der Waals surface area contributed by atoms with Crippen molar-refractivity contribution in [2.45, 2.75) is 18.7 Å². The van der Waals surface area contributed by atoms with Crippen LogP contribution in [0.5, 0.6) is 5.75 Å². The van der Waals surface area contributed by atoms with E-state index in [2.05, 4.69) is 10.6 Å². The summed E-state index contributed by atoms with van der Waals surface area (Å²) < 4.78 is 34.0. The first-order valence-corrected chi connectivity index (χ1v) is 7.72. The summed E-state index contributed by atoms with van der Waals surface area (Å²) >= 11 is 0. The van der Waals surface area contributed by atoms with E-state index in [-0.39, 0.29) is 21.9 Å². The van der Waals surface area contributed by atoms with E-state index in [1.54, 1.807) is 12.1 Å². The first kappa shape index (κ1) is 16.0. The highest BCUT2D eigenvalue weighted by Gasteiger charge is 2.24. The first-order valence-electron chi connectivity index (χ1n) is 6.24. The van der Waals surface area contributed by atoms with E-state index in [0.717, 1.165) is 0 Å². The summed E-state index contributed by atoms with van der Waals surface area (Å²) in [4.78, 5) is 13.8. The molecule has 0 fully saturated rings. The second-order valence-electron chi connectivity index (χ2n) is 4.44. The van der Waals surface area contributed by atoms with Crippen LogP contribution < -0.4 is 15.0 Å². The van der Waals surface area contributed by atoms with Crippen molar-refractivity contribution in [1.29, 1.82) is 0 Å². The molecule has 9 heteroatoms. The van der Waals surface area contributed by atoms with Crippen LogP contribution in [-0.4, -0.2) is 26.6 Å². The summed E-state index contributed by atoms with van der Waals surface area (Å²) in [5, 5.41) is 3.57. The molecule has 2 rings (SSSR count). The molecule has 8 nitrogen and oxygen atoms in total. The fourth-order valence-corrected chi connectivity index (χ4v) is 3.01. The standard InChI is InChI=1S/C13H15N3O5S/c1-8-12(9(2)21-15-8)22(18,19)16-14-13(17)10-4-6-11(20-3)7-5-10/h4-7,16H,1-3H3,(H,14,17). The zero-order chi connectivity index (χ0) is 16.3. The Bertz CT molecular complexity index is 761. The number of benzene rings is 1. The number of nitrogens with one attached hydrogen (secondary N) is 2. The summed E-state index contributed by atoms with van der Waals surface area (Å²) in [6.07, 6.45) is 0. The Hall–Kier alpha value is -2.39. The van der Waals surface area contributed by atoms with Crippen LogP contribution in [0.25, 0.3) is 0 Å². The van der Waals surface area contributed by atoms with Gasteiger partial charge < -0.3 is 9.26 Å². The third-order valence-corrected chi connectivity index (χ3v) is 4.38. The molecule has 118 valence electrons. The van der Waals surface area contributed by atoms with E-state index in [0.29, 0.717) is 5.75 Å². The molecule has 0 spiro atoms. The molecule has 2 N–H and O–H groups in total. The largest absolute Gasteiger partial charge is 0.497 e. The van der Waals surface area contributed by atoms with Crippen LogP contribution in [0.1, 0.15) is 21.8 Å². The fraction of sp³-hybridized carbons (Fsp3) is 0.231. The number of nitrogens with zero attached hydrogens (tertiary/aromatic N) is 1. The van der Waals surface area contributed by atoms with Crippen LogP contribution in [-0.2, 0) is 10.0 Å². The highest BCUT2D eigenvalue weighted by atomic mass is 32.2. The number of hydrazine groups is 1. The second-order valence-corrected chi connectivity index (χ2v) is 6.06. The van der Waals surface area contributed by atoms with E-state index < -0.39 is 15.9 Å². The van der Waals surface area contributed by atoms with Gasteiger partial charge in [-0.3, -0.25) is 10.2 Å². The molecule has 1 aromatic heterocycles. The van der Waals surface area contributed by atoms with Crippen molar-refractivity contribution in [3.8, 4) is 5.75 Å². The molecule has 0 aliphatic carbocycles. The molecule has 0 unspecified atom stereocenters. The minimum Gasteiger partial charge on any atom is -0.497 e. The van der Waals surface area contributed by atoms with Crippen LogP contribution in [0.4, 0.5) is 0 Å². The average molecular weight is 325 g/mol. The van der Waals surface area contributed by atoms with Gasteiger partial charge in [0.1, 0.15) is 16.3 Å². The Kier molecular flexibility index (Phi) is 4.48. The SMILES string of the molecule is COc1ccc(C(=O)NNS(=O)(=O)c2c(C)noc2C)cc1. The zero-order valence-electron chi connectivity index (χ0n) is 12.2. The zero-order valence-corrected chi connectivity index (χ0v) is 13.0. The summed E-state index contributed by atoms with van der Waals surface area (Å²) in [5.41, 5.74) is 2.62. The number of carbonyl (C=O) groups excluding carboxylic acids is 1. The Morgan fingerprint density at radius 1 is 1.23 bits per heavy atom. The fourth-order valence-electron chi connectivity index (χ4n) is 1.84. The maximum atomic E-state index is 12.1. The van der Waals surface area contributed by atoms with Crippen molar-refractivity contribution in [2.75, 3.05) is 7.11 Å². The highest BCUT2D eigenvalue weighted by Crippen LogP contribution is 2.18. The third kappa shape index (κ3) is 3.26. The van der Waals surface area contributed by atoms with Gasteiger partial charge in [0.2, 0.25) is 0 Å². The van der Waals surface area contributed by atoms with Crippen molar-refractivity contribution >= 4 is 15.9 Å². The summed E-state index contributed by atoms with van der Waals surface area (Å²) in [5.74, 6) is 0.134. The Labute approximate surface area is 127 Å². The molecule has 0 saturated heterocycles. The van der Waals surface area contributed by atoms with E-state index >= 15 is 0 Å². The predicted octanol–water partition coefficient (Wildman–Crippen LogP) is 0.923. The Balaban J connectivity index is 2.10. The lowest BCUT2D eigenvalue weighted by Crippen LogP contribution is -2.41. The lowest BCUT2D eigenvalue weighted by Gasteiger charge is -2.08. The van der Waals surface area contributed by atoms with Gasteiger partial charge in [-0.2, -0.15) is 0 Å². The monoisotopic (exact) mass is 325 g/mol. The number of hydrogen-bond acceptors (Lipinski definition) is 6. The van der Waals surface area contributed by atoms with E-state index in [4.69, 9.17) is 9.26 Å². The van der Waals surface area contributed by atoms with Crippen LogP contribution in [0.2, 0.25) is 0 Å². The number of ether oxygens (including phenoxy) is 1. The van der Waals surface area contributed by atoms with Gasteiger partial charge in [0.25, 0.3) is 15.9 Å². The van der Waals surface area contributed by atoms with E-state index in [1.807, 2.05) is 4.83 Å².